The molecule has 0 unspecified atom stereocenters. The molecule has 3 fully saturated rings. The van der Waals surface area contributed by atoms with Crippen molar-refractivity contribution in [2.24, 2.45) is 34.5 Å². The molecule has 0 amide bonds. The van der Waals surface area contributed by atoms with Crippen molar-refractivity contribution in [1.29, 1.82) is 0 Å². The summed E-state index contributed by atoms with van der Waals surface area (Å²) in [4.78, 5) is 0. The second-order valence-corrected chi connectivity index (χ2v) is 8.71. The van der Waals surface area contributed by atoms with Crippen LogP contribution in [0, 0.1) is 34.5 Å². The predicted octanol–water partition coefficient (Wildman–Crippen LogP) is 5.53. The standard InChI is InChI=1S/C19H29F/c1-18-9-3-4-16(18)15-6-5-13-12-14(20)7-11-19(13,2)17(15)8-10-18/h3,9,13-17H,4-8,10-12H2,1-2H3/t13-,14-,15-,16-,17-,18-,19-/m0/s1. The van der Waals surface area contributed by atoms with Gasteiger partial charge < -0.3 is 0 Å². The summed E-state index contributed by atoms with van der Waals surface area (Å²) in [5, 5.41) is 0. The van der Waals surface area contributed by atoms with Gasteiger partial charge in [0.2, 0.25) is 0 Å². The normalized spacial score (nSPS) is 57.9. The van der Waals surface area contributed by atoms with Crippen LogP contribution in [-0.2, 0) is 0 Å². The van der Waals surface area contributed by atoms with E-state index in [0.29, 0.717) is 16.7 Å². The molecule has 0 spiro atoms. The minimum Gasteiger partial charge on any atom is -0.247 e. The van der Waals surface area contributed by atoms with Crippen LogP contribution in [0.2, 0.25) is 0 Å². The van der Waals surface area contributed by atoms with Crippen molar-refractivity contribution in [1.82, 2.24) is 0 Å². The third kappa shape index (κ3) is 1.70. The molecule has 1 heteroatoms. The van der Waals surface area contributed by atoms with Gasteiger partial charge in [-0.25, -0.2) is 4.39 Å². The Morgan fingerprint density at radius 3 is 2.70 bits per heavy atom. The number of hydrogen-bond acceptors (Lipinski definition) is 0. The number of halogens is 1. The number of fused-ring (bicyclic) bond motifs is 5. The van der Waals surface area contributed by atoms with E-state index in [4.69, 9.17) is 0 Å². The Balaban J connectivity index is 1.63. The van der Waals surface area contributed by atoms with E-state index in [-0.39, 0.29) is 0 Å². The summed E-state index contributed by atoms with van der Waals surface area (Å²) < 4.78 is 13.8. The molecule has 0 aliphatic heterocycles. The maximum atomic E-state index is 13.8. The largest absolute Gasteiger partial charge is 0.247 e. The highest BCUT2D eigenvalue weighted by Crippen LogP contribution is 2.65. The highest BCUT2D eigenvalue weighted by atomic mass is 19.1. The van der Waals surface area contributed by atoms with Crippen LogP contribution in [0.3, 0.4) is 0 Å². The van der Waals surface area contributed by atoms with Gasteiger partial charge in [0.05, 0.1) is 0 Å². The molecule has 0 nitrogen and oxygen atoms in total. The first-order chi connectivity index (χ1) is 9.53. The van der Waals surface area contributed by atoms with Crippen LogP contribution < -0.4 is 0 Å². The minimum absolute atomic E-state index is 0.454. The van der Waals surface area contributed by atoms with Crippen LogP contribution in [0.5, 0.6) is 0 Å². The van der Waals surface area contributed by atoms with Gasteiger partial charge in [-0.2, -0.15) is 0 Å². The topological polar surface area (TPSA) is 0 Å². The van der Waals surface area contributed by atoms with Gasteiger partial charge in [-0.15, -0.1) is 0 Å². The van der Waals surface area contributed by atoms with Crippen LogP contribution in [0.4, 0.5) is 4.39 Å². The lowest BCUT2D eigenvalue weighted by Crippen LogP contribution is -2.52. The number of hydrogen-bond donors (Lipinski definition) is 0. The maximum absolute atomic E-state index is 13.8. The van der Waals surface area contributed by atoms with Gasteiger partial charge in [-0.3, -0.25) is 0 Å². The first-order valence-electron chi connectivity index (χ1n) is 8.85. The summed E-state index contributed by atoms with van der Waals surface area (Å²) >= 11 is 0. The lowest BCUT2D eigenvalue weighted by atomic mass is 9.45. The van der Waals surface area contributed by atoms with E-state index in [9.17, 15) is 4.39 Å². The quantitative estimate of drug-likeness (QED) is 0.510. The van der Waals surface area contributed by atoms with Gasteiger partial charge in [0, 0.05) is 0 Å². The van der Waals surface area contributed by atoms with Gasteiger partial charge in [0.25, 0.3) is 0 Å². The third-order valence-corrected chi connectivity index (χ3v) is 7.93. The van der Waals surface area contributed by atoms with E-state index in [1.54, 1.807) is 0 Å². The van der Waals surface area contributed by atoms with Crippen LogP contribution in [0.15, 0.2) is 12.2 Å². The first kappa shape index (κ1) is 13.3. The molecular formula is C19H29F. The average molecular weight is 276 g/mol. The van der Waals surface area contributed by atoms with E-state index in [0.717, 1.165) is 37.0 Å². The van der Waals surface area contributed by atoms with E-state index in [1.165, 1.54) is 32.1 Å². The summed E-state index contributed by atoms with van der Waals surface area (Å²) in [5.41, 5.74) is 0.942. The van der Waals surface area contributed by atoms with Gasteiger partial charge in [0.1, 0.15) is 6.17 Å². The van der Waals surface area contributed by atoms with Crippen LogP contribution in [-0.4, -0.2) is 6.17 Å². The molecule has 0 heterocycles. The summed E-state index contributed by atoms with van der Waals surface area (Å²) in [7, 11) is 0. The highest BCUT2D eigenvalue weighted by Gasteiger charge is 2.56. The molecule has 112 valence electrons. The third-order valence-electron chi connectivity index (χ3n) is 7.93. The molecule has 4 rings (SSSR count). The molecule has 0 aromatic heterocycles. The zero-order valence-electron chi connectivity index (χ0n) is 13.1. The van der Waals surface area contributed by atoms with Crippen molar-refractivity contribution in [3.05, 3.63) is 12.2 Å². The summed E-state index contributed by atoms with van der Waals surface area (Å²) in [5.74, 6) is 3.36. The second-order valence-electron chi connectivity index (χ2n) is 8.71. The molecule has 0 bridgehead atoms. The first-order valence-corrected chi connectivity index (χ1v) is 8.85. The van der Waals surface area contributed by atoms with E-state index in [2.05, 4.69) is 26.0 Å². The Hall–Kier alpha value is -0.330. The molecule has 7 atom stereocenters. The summed E-state index contributed by atoms with van der Waals surface area (Å²) in [6.45, 7) is 5.01. The Labute approximate surface area is 123 Å². The number of alkyl halides is 1. The SMILES string of the molecule is C[C@]12CC[C@H](F)C[C@@H]1CC[C@@H]1[C@@H]2CC[C@]2(C)C=CC[C@@H]12. The van der Waals surface area contributed by atoms with Crippen molar-refractivity contribution in [2.75, 3.05) is 0 Å². The Morgan fingerprint density at radius 2 is 1.85 bits per heavy atom. The molecule has 3 saturated carbocycles. The fourth-order valence-electron chi connectivity index (χ4n) is 6.69. The summed E-state index contributed by atoms with van der Waals surface area (Å²) in [6.07, 6.45) is 14.0. The van der Waals surface area contributed by atoms with E-state index in [1.807, 2.05) is 0 Å². The Kier molecular flexibility index (Phi) is 2.89. The Morgan fingerprint density at radius 1 is 1.00 bits per heavy atom. The van der Waals surface area contributed by atoms with Crippen molar-refractivity contribution in [2.45, 2.75) is 71.4 Å². The van der Waals surface area contributed by atoms with E-state index < -0.39 is 6.17 Å². The molecule has 0 radical (unpaired) electrons. The van der Waals surface area contributed by atoms with Crippen LogP contribution in [0.25, 0.3) is 0 Å². The average Bonchev–Trinajstić information content (AvgIpc) is 2.81. The maximum Gasteiger partial charge on any atom is 0.100 e. The smallest absolute Gasteiger partial charge is 0.100 e. The molecule has 4 aliphatic rings. The summed E-state index contributed by atoms with van der Waals surface area (Å²) in [6, 6.07) is 0. The zero-order chi connectivity index (χ0) is 14.0. The molecule has 0 aromatic rings. The number of allylic oxidation sites excluding steroid dienone is 2. The van der Waals surface area contributed by atoms with Gasteiger partial charge in [-0.1, -0.05) is 26.0 Å². The highest BCUT2D eigenvalue weighted by molar-refractivity contribution is 5.16. The zero-order valence-corrected chi connectivity index (χ0v) is 13.1. The van der Waals surface area contributed by atoms with Crippen molar-refractivity contribution in [3.8, 4) is 0 Å². The van der Waals surface area contributed by atoms with Crippen LogP contribution >= 0.6 is 0 Å². The molecule has 0 aromatic carbocycles. The lowest BCUT2D eigenvalue weighted by Gasteiger charge is -2.60. The molecule has 4 aliphatic carbocycles. The lowest BCUT2D eigenvalue weighted by molar-refractivity contribution is -0.108. The fraction of sp³-hybridized carbons (Fsp3) is 0.895. The van der Waals surface area contributed by atoms with Crippen molar-refractivity contribution >= 4 is 0 Å². The number of rotatable bonds is 0. The van der Waals surface area contributed by atoms with Gasteiger partial charge in [0.15, 0.2) is 0 Å². The minimum atomic E-state index is -0.508. The molecule has 20 heavy (non-hydrogen) atoms. The van der Waals surface area contributed by atoms with E-state index >= 15 is 0 Å². The van der Waals surface area contributed by atoms with Gasteiger partial charge >= 0.3 is 0 Å². The molecule has 0 N–H and O–H groups in total. The van der Waals surface area contributed by atoms with Crippen molar-refractivity contribution in [3.63, 3.8) is 0 Å². The fourth-order valence-corrected chi connectivity index (χ4v) is 6.69. The monoisotopic (exact) mass is 276 g/mol. The Bertz CT molecular complexity index is 427. The van der Waals surface area contributed by atoms with Gasteiger partial charge in [-0.05, 0) is 85.9 Å². The molecule has 0 saturated heterocycles. The predicted molar refractivity (Wildman–Crippen MR) is 81.1 cm³/mol. The second kappa shape index (κ2) is 4.34. The van der Waals surface area contributed by atoms with Crippen LogP contribution in [0.1, 0.15) is 65.2 Å². The molecular weight excluding hydrogens is 247 g/mol. The van der Waals surface area contributed by atoms with Crippen molar-refractivity contribution < 1.29 is 4.39 Å².